The lowest BCUT2D eigenvalue weighted by molar-refractivity contribution is -0.104. The zero-order valence-corrected chi connectivity index (χ0v) is 16.9. The summed E-state index contributed by atoms with van der Waals surface area (Å²) in [6.07, 6.45) is 3.60. The molecule has 29 heavy (non-hydrogen) atoms. The van der Waals surface area contributed by atoms with Gasteiger partial charge in [0, 0.05) is 6.04 Å². The lowest BCUT2D eigenvalue weighted by Crippen LogP contribution is -2.27. The van der Waals surface area contributed by atoms with E-state index in [0.717, 1.165) is 23.2 Å². The average Bonchev–Trinajstić information content (AvgIpc) is 2.80. The van der Waals surface area contributed by atoms with Gasteiger partial charge in [-0.05, 0) is 47.7 Å². The minimum Gasteiger partial charge on any atom is -0.497 e. The highest BCUT2D eigenvalue weighted by molar-refractivity contribution is 5.71. The molecule has 148 valence electrons. The molecule has 0 spiro atoms. The Hall–Kier alpha value is -3.17. The van der Waals surface area contributed by atoms with Gasteiger partial charge in [-0.25, -0.2) is 0 Å². The van der Waals surface area contributed by atoms with Crippen LogP contribution in [0.15, 0.2) is 96.6 Å². The molecule has 1 unspecified atom stereocenters. The van der Waals surface area contributed by atoms with Crippen LogP contribution >= 0.6 is 0 Å². The predicted molar refractivity (Wildman–Crippen MR) is 118 cm³/mol. The van der Waals surface area contributed by atoms with E-state index in [1.807, 2.05) is 37.3 Å². The first-order valence-corrected chi connectivity index (χ1v) is 9.83. The van der Waals surface area contributed by atoms with Crippen molar-refractivity contribution in [3.63, 3.8) is 0 Å². The van der Waals surface area contributed by atoms with Gasteiger partial charge >= 0.3 is 0 Å². The van der Waals surface area contributed by atoms with Crippen LogP contribution in [0.5, 0.6) is 5.75 Å². The van der Waals surface area contributed by atoms with Crippen molar-refractivity contribution >= 4 is 6.29 Å². The molecule has 0 fully saturated rings. The van der Waals surface area contributed by atoms with Crippen molar-refractivity contribution in [2.45, 2.75) is 25.4 Å². The first-order valence-electron chi connectivity index (χ1n) is 9.83. The summed E-state index contributed by atoms with van der Waals surface area (Å²) in [4.78, 5) is 11.1. The smallest absolute Gasteiger partial charge is 0.145 e. The molecule has 3 aromatic rings. The SMILES string of the molecule is COc1ccc(C(C/C=C(/C)C=O)NC(c2ccccc2)c2ccccc2)cc1. The molecule has 0 saturated heterocycles. The second-order valence-electron chi connectivity index (χ2n) is 7.05. The average molecular weight is 386 g/mol. The van der Waals surface area contributed by atoms with Crippen LogP contribution in [0.1, 0.15) is 42.1 Å². The number of carbonyl (C=O) groups is 1. The first-order chi connectivity index (χ1) is 14.2. The first kappa shape index (κ1) is 20.6. The van der Waals surface area contributed by atoms with Gasteiger partial charge in [0.1, 0.15) is 12.0 Å². The van der Waals surface area contributed by atoms with Gasteiger partial charge in [-0.2, -0.15) is 0 Å². The number of carbonyl (C=O) groups excluding carboxylic acids is 1. The van der Waals surface area contributed by atoms with E-state index in [9.17, 15) is 4.79 Å². The number of hydrogen-bond acceptors (Lipinski definition) is 3. The van der Waals surface area contributed by atoms with E-state index in [4.69, 9.17) is 4.74 Å². The molecule has 3 heteroatoms. The summed E-state index contributed by atoms with van der Waals surface area (Å²) in [5.74, 6) is 0.829. The zero-order chi connectivity index (χ0) is 20.5. The molecule has 3 nitrogen and oxygen atoms in total. The molecule has 0 aliphatic carbocycles. The summed E-state index contributed by atoms with van der Waals surface area (Å²) in [6.45, 7) is 1.84. The van der Waals surface area contributed by atoms with Crippen LogP contribution in [0, 0.1) is 0 Å². The van der Waals surface area contributed by atoms with E-state index < -0.39 is 0 Å². The number of rotatable bonds is 9. The van der Waals surface area contributed by atoms with E-state index >= 15 is 0 Å². The Balaban J connectivity index is 1.96. The van der Waals surface area contributed by atoms with E-state index in [0.29, 0.717) is 6.42 Å². The van der Waals surface area contributed by atoms with Crippen LogP contribution < -0.4 is 10.1 Å². The van der Waals surface area contributed by atoms with Crippen molar-refractivity contribution in [3.8, 4) is 5.75 Å². The highest BCUT2D eigenvalue weighted by Gasteiger charge is 2.19. The number of benzene rings is 3. The minimum atomic E-state index is 0.0365. The summed E-state index contributed by atoms with van der Waals surface area (Å²) in [5.41, 5.74) is 4.29. The molecule has 0 aromatic heterocycles. The minimum absolute atomic E-state index is 0.0365. The van der Waals surface area contributed by atoms with E-state index in [2.05, 4.69) is 66.0 Å². The summed E-state index contributed by atoms with van der Waals surface area (Å²) in [6, 6.07) is 29.0. The maximum Gasteiger partial charge on any atom is 0.145 e. The molecular formula is C26H27NO2. The van der Waals surface area contributed by atoms with Crippen LogP contribution in [-0.4, -0.2) is 13.4 Å². The van der Waals surface area contributed by atoms with Crippen molar-refractivity contribution in [2.75, 3.05) is 7.11 Å². The van der Waals surface area contributed by atoms with Crippen LogP contribution in [0.25, 0.3) is 0 Å². The molecule has 3 aromatic carbocycles. The summed E-state index contributed by atoms with van der Waals surface area (Å²) in [5, 5.41) is 3.82. The molecule has 0 saturated carbocycles. The van der Waals surface area contributed by atoms with Crippen molar-refractivity contribution in [1.29, 1.82) is 0 Å². The van der Waals surface area contributed by atoms with Crippen molar-refractivity contribution in [3.05, 3.63) is 113 Å². The third kappa shape index (κ3) is 5.66. The molecule has 0 amide bonds. The number of allylic oxidation sites excluding steroid dienone is 1. The molecule has 0 heterocycles. The molecule has 1 atom stereocenters. The van der Waals surface area contributed by atoms with Gasteiger partial charge in [0.25, 0.3) is 0 Å². The van der Waals surface area contributed by atoms with Crippen molar-refractivity contribution in [2.24, 2.45) is 0 Å². The fourth-order valence-electron chi connectivity index (χ4n) is 3.37. The Morgan fingerprint density at radius 1 is 0.862 bits per heavy atom. The topological polar surface area (TPSA) is 38.3 Å². The molecule has 0 bridgehead atoms. The second kappa shape index (κ2) is 10.4. The van der Waals surface area contributed by atoms with Gasteiger partial charge in [-0.3, -0.25) is 10.1 Å². The summed E-state index contributed by atoms with van der Waals surface area (Å²) in [7, 11) is 1.67. The lowest BCUT2D eigenvalue weighted by Gasteiger charge is -2.27. The van der Waals surface area contributed by atoms with Gasteiger partial charge in [0.2, 0.25) is 0 Å². The monoisotopic (exact) mass is 385 g/mol. The Morgan fingerprint density at radius 3 is 1.90 bits per heavy atom. The highest BCUT2D eigenvalue weighted by atomic mass is 16.5. The Kier molecular flexibility index (Phi) is 7.37. The van der Waals surface area contributed by atoms with Crippen molar-refractivity contribution < 1.29 is 9.53 Å². The molecule has 0 aliphatic rings. The Morgan fingerprint density at radius 2 is 1.41 bits per heavy atom. The Labute approximate surface area is 173 Å². The number of ether oxygens (including phenoxy) is 1. The molecule has 1 N–H and O–H groups in total. The quantitative estimate of drug-likeness (QED) is 0.382. The molecule has 0 aliphatic heterocycles. The summed E-state index contributed by atoms with van der Waals surface area (Å²) >= 11 is 0. The van der Waals surface area contributed by atoms with Crippen molar-refractivity contribution in [1.82, 2.24) is 5.32 Å². The predicted octanol–water partition coefficient (Wildman–Crippen LogP) is 5.65. The van der Waals surface area contributed by atoms with E-state index in [-0.39, 0.29) is 12.1 Å². The molecular weight excluding hydrogens is 358 g/mol. The normalized spacial score (nSPS) is 12.6. The highest BCUT2D eigenvalue weighted by Crippen LogP contribution is 2.29. The maximum absolute atomic E-state index is 11.1. The van der Waals surface area contributed by atoms with Crippen LogP contribution in [0.3, 0.4) is 0 Å². The third-order valence-corrected chi connectivity index (χ3v) is 5.01. The number of hydrogen-bond donors (Lipinski definition) is 1. The van der Waals surface area contributed by atoms with Crippen LogP contribution in [0.4, 0.5) is 0 Å². The van der Waals surface area contributed by atoms with Crippen LogP contribution in [-0.2, 0) is 4.79 Å². The Bertz CT molecular complexity index is 878. The number of aldehydes is 1. The number of methoxy groups -OCH3 is 1. The largest absolute Gasteiger partial charge is 0.497 e. The van der Waals surface area contributed by atoms with E-state index in [1.54, 1.807) is 7.11 Å². The van der Waals surface area contributed by atoms with E-state index in [1.165, 1.54) is 11.1 Å². The number of nitrogens with one attached hydrogen (secondary N) is 1. The van der Waals surface area contributed by atoms with Crippen LogP contribution in [0.2, 0.25) is 0 Å². The maximum atomic E-state index is 11.1. The van der Waals surface area contributed by atoms with Gasteiger partial charge < -0.3 is 4.74 Å². The second-order valence-corrected chi connectivity index (χ2v) is 7.05. The van der Waals surface area contributed by atoms with Gasteiger partial charge in [0.05, 0.1) is 13.2 Å². The zero-order valence-electron chi connectivity index (χ0n) is 16.9. The fraction of sp³-hybridized carbons (Fsp3) is 0.192. The third-order valence-electron chi connectivity index (χ3n) is 5.01. The lowest BCUT2D eigenvalue weighted by atomic mass is 9.95. The van der Waals surface area contributed by atoms with Gasteiger partial charge in [-0.15, -0.1) is 0 Å². The van der Waals surface area contributed by atoms with Gasteiger partial charge in [0.15, 0.2) is 0 Å². The fourth-order valence-corrected chi connectivity index (χ4v) is 3.37. The summed E-state index contributed by atoms with van der Waals surface area (Å²) < 4.78 is 5.31. The molecule has 0 radical (unpaired) electrons. The standard InChI is InChI=1S/C26H27NO2/c1-20(19-28)13-18-25(21-14-16-24(29-2)17-15-21)27-26(22-9-5-3-6-10-22)23-11-7-4-8-12-23/h3-17,19,25-27H,18H2,1-2H3/b20-13-. The van der Waals surface area contributed by atoms with Gasteiger partial charge in [-0.1, -0.05) is 78.9 Å². The molecule has 3 rings (SSSR count).